The summed E-state index contributed by atoms with van der Waals surface area (Å²) in [6, 6.07) is 0. The summed E-state index contributed by atoms with van der Waals surface area (Å²) in [6.07, 6.45) is 4.54. The van der Waals surface area contributed by atoms with Gasteiger partial charge in [0, 0.05) is 17.7 Å². The summed E-state index contributed by atoms with van der Waals surface area (Å²) < 4.78 is 2.17. The summed E-state index contributed by atoms with van der Waals surface area (Å²) in [4.78, 5) is 0. The SMILES string of the molecule is Cc1cnn2c1C(C)(C)CCC2. The molecule has 66 valence electrons. The van der Waals surface area contributed by atoms with Gasteiger partial charge in [-0.3, -0.25) is 4.68 Å². The Morgan fingerprint density at radius 1 is 1.50 bits per heavy atom. The van der Waals surface area contributed by atoms with E-state index in [1.54, 1.807) is 0 Å². The molecule has 0 spiro atoms. The molecule has 1 aliphatic heterocycles. The highest BCUT2D eigenvalue weighted by Crippen LogP contribution is 2.34. The van der Waals surface area contributed by atoms with Crippen LogP contribution in [0, 0.1) is 6.92 Å². The van der Waals surface area contributed by atoms with Crippen molar-refractivity contribution in [3.8, 4) is 0 Å². The van der Waals surface area contributed by atoms with Crippen LogP contribution in [0.1, 0.15) is 37.9 Å². The maximum Gasteiger partial charge on any atom is 0.0522 e. The molecule has 0 atom stereocenters. The van der Waals surface area contributed by atoms with Gasteiger partial charge < -0.3 is 0 Å². The van der Waals surface area contributed by atoms with Gasteiger partial charge in [-0.05, 0) is 25.3 Å². The van der Waals surface area contributed by atoms with E-state index in [2.05, 4.69) is 30.6 Å². The molecule has 0 saturated heterocycles. The zero-order chi connectivity index (χ0) is 8.77. The van der Waals surface area contributed by atoms with Gasteiger partial charge in [-0.25, -0.2) is 0 Å². The van der Waals surface area contributed by atoms with Crippen molar-refractivity contribution in [2.24, 2.45) is 0 Å². The van der Waals surface area contributed by atoms with Crippen LogP contribution in [-0.4, -0.2) is 9.78 Å². The Morgan fingerprint density at radius 3 is 2.92 bits per heavy atom. The fourth-order valence-corrected chi connectivity index (χ4v) is 2.32. The van der Waals surface area contributed by atoms with Crippen LogP contribution in [0.25, 0.3) is 0 Å². The second-order valence-corrected chi connectivity index (χ2v) is 4.39. The molecule has 0 fully saturated rings. The lowest BCUT2D eigenvalue weighted by Gasteiger charge is -2.31. The smallest absolute Gasteiger partial charge is 0.0522 e. The molecule has 0 amide bonds. The van der Waals surface area contributed by atoms with Gasteiger partial charge in [0.2, 0.25) is 0 Å². The molecule has 1 aliphatic rings. The maximum atomic E-state index is 4.37. The molecule has 0 aliphatic carbocycles. The molecule has 2 heteroatoms. The Kier molecular flexibility index (Phi) is 1.53. The van der Waals surface area contributed by atoms with Crippen molar-refractivity contribution in [2.45, 2.75) is 45.6 Å². The maximum absolute atomic E-state index is 4.37. The molecule has 0 radical (unpaired) electrons. The first-order valence-electron chi connectivity index (χ1n) is 4.64. The van der Waals surface area contributed by atoms with E-state index in [4.69, 9.17) is 0 Å². The first-order valence-corrected chi connectivity index (χ1v) is 4.64. The molecule has 12 heavy (non-hydrogen) atoms. The molecular formula is C10H16N2. The van der Waals surface area contributed by atoms with Gasteiger partial charge >= 0.3 is 0 Å². The lowest BCUT2D eigenvalue weighted by molar-refractivity contribution is 0.342. The fourth-order valence-electron chi connectivity index (χ4n) is 2.32. The highest BCUT2D eigenvalue weighted by atomic mass is 15.3. The summed E-state index contributed by atoms with van der Waals surface area (Å²) >= 11 is 0. The van der Waals surface area contributed by atoms with E-state index < -0.39 is 0 Å². The van der Waals surface area contributed by atoms with Gasteiger partial charge in [0.15, 0.2) is 0 Å². The van der Waals surface area contributed by atoms with Gasteiger partial charge in [-0.2, -0.15) is 5.10 Å². The van der Waals surface area contributed by atoms with Gasteiger partial charge in [-0.1, -0.05) is 13.8 Å². The lowest BCUT2D eigenvalue weighted by atomic mass is 9.80. The Balaban J connectivity index is 2.56. The summed E-state index contributed by atoms with van der Waals surface area (Å²) in [5.74, 6) is 0. The number of aryl methyl sites for hydroxylation is 2. The van der Waals surface area contributed by atoms with Crippen LogP contribution >= 0.6 is 0 Å². The number of aromatic nitrogens is 2. The Labute approximate surface area is 73.6 Å². The van der Waals surface area contributed by atoms with Gasteiger partial charge in [0.1, 0.15) is 0 Å². The normalized spacial score (nSPS) is 20.6. The topological polar surface area (TPSA) is 17.8 Å². The van der Waals surface area contributed by atoms with Crippen LogP contribution in [0.2, 0.25) is 0 Å². The minimum atomic E-state index is 0.332. The largest absolute Gasteiger partial charge is 0.269 e. The van der Waals surface area contributed by atoms with Crippen LogP contribution in [0.15, 0.2) is 6.20 Å². The molecule has 0 aromatic carbocycles. The zero-order valence-corrected chi connectivity index (χ0v) is 8.09. The molecule has 0 bridgehead atoms. The highest BCUT2D eigenvalue weighted by molar-refractivity contribution is 5.25. The summed E-state index contributed by atoms with van der Waals surface area (Å²) in [6.45, 7) is 7.89. The van der Waals surface area contributed by atoms with Crippen LogP contribution in [0.3, 0.4) is 0 Å². The second-order valence-electron chi connectivity index (χ2n) is 4.39. The molecule has 0 N–H and O–H groups in total. The molecule has 2 rings (SSSR count). The van der Waals surface area contributed by atoms with Crippen molar-refractivity contribution in [1.29, 1.82) is 0 Å². The summed E-state index contributed by atoms with van der Waals surface area (Å²) in [5, 5.41) is 4.37. The van der Waals surface area contributed by atoms with Crippen molar-refractivity contribution in [2.75, 3.05) is 0 Å². The molecule has 1 aromatic rings. The molecular weight excluding hydrogens is 148 g/mol. The van der Waals surface area contributed by atoms with E-state index in [1.165, 1.54) is 24.1 Å². The van der Waals surface area contributed by atoms with Crippen molar-refractivity contribution < 1.29 is 0 Å². The van der Waals surface area contributed by atoms with E-state index in [1.807, 2.05) is 6.20 Å². The molecule has 2 nitrogen and oxygen atoms in total. The monoisotopic (exact) mass is 164 g/mol. The minimum Gasteiger partial charge on any atom is -0.269 e. The number of hydrogen-bond acceptors (Lipinski definition) is 1. The van der Waals surface area contributed by atoms with Crippen LogP contribution in [-0.2, 0) is 12.0 Å². The second kappa shape index (κ2) is 2.35. The Morgan fingerprint density at radius 2 is 2.25 bits per heavy atom. The van der Waals surface area contributed by atoms with Crippen molar-refractivity contribution >= 4 is 0 Å². The predicted molar refractivity (Wildman–Crippen MR) is 49.2 cm³/mol. The Hall–Kier alpha value is -0.790. The summed E-state index contributed by atoms with van der Waals surface area (Å²) in [7, 11) is 0. The first kappa shape index (κ1) is 7.84. The molecule has 2 heterocycles. The number of rotatable bonds is 0. The predicted octanol–water partition coefficient (Wildman–Crippen LogP) is 2.26. The van der Waals surface area contributed by atoms with Gasteiger partial charge in [-0.15, -0.1) is 0 Å². The number of hydrogen-bond donors (Lipinski definition) is 0. The molecule has 0 unspecified atom stereocenters. The molecule has 0 saturated carbocycles. The third-order valence-corrected chi connectivity index (χ3v) is 2.84. The van der Waals surface area contributed by atoms with Crippen LogP contribution in [0.5, 0.6) is 0 Å². The fraction of sp³-hybridized carbons (Fsp3) is 0.700. The van der Waals surface area contributed by atoms with E-state index in [-0.39, 0.29) is 0 Å². The minimum absolute atomic E-state index is 0.332. The zero-order valence-electron chi connectivity index (χ0n) is 8.09. The average Bonchev–Trinajstić information content (AvgIpc) is 2.32. The van der Waals surface area contributed by atoms with Crippen molar-refractivity contribution in [3.63, 3.8) is 0 Å². The standard InChI is InChI=1S/C10H16N2/c1-8-7-11-12-6-4-5-10(2,3)9(8)12/h7H,4-6H2,1-3H3. The number of nitrogens with zero attached hydrogens (tertiary/aromatic N) is 2. The third-order valence-electron chi connectivity index (χ3n) is 2.84. The van der Waals surface area contributed by atoms with Crippen molar-refractivity contribution in [1.82, 2.24) is 9.78 Å². The average molecular weight is 164 g/mol. The lowest BCUT2D eigenvalue weighted by Crippen LogP contribution is -2.28. The van der Waals surface area contributed by atoms with Crippen LogP contribution in [0.4, 0.5) is 0 Å². The van der Waals surface area contributed by atoms with Crippen LogP contribution < -0.4 is 0 Å². The Bertz CT molecular complexity index is 297. The van der Waals surface area contributed by atoms with E-state index in [0.717, 1.165) is 6.54 Å². The van der Waals surface area contributed by atoms with E-state index >= 15 is 0 Å². The number of fused-ring (bicyclic) bond motifs is 1. The van der Waals surface area contributed by atoms with Gasteiger partial charge in [0.25, 0.3) is 0 Å². The highest BCUT2D eigenvalue weighted by Gasteiger charge is 2.29. The van der Waals surface area contributed by atoms with E-state index in [0.29, 0.717) is 5.41 Å². The quantitative estimate of drug-likeness (QED) is 0.575. The van der Waals surface area contributed by atoms with Gasteiger partial charge in [0.05, 0.1) is 6.20 Å². The first-order chi connectivity index (χ1) is 5.61. The summed E-state index contributed by atoms with van der Waals surface area (Å²) in [5.41, 5.74) is 3.12. The third kappa shape index (κ3) is 0.977. The molecule has 1 aromatic heterocycles. The van der Waals surface area contributed by atoms with Crippen molar-refractivity contribution in [3.05, 3.63) is 17.5 Å². The van der Waals surface area contributed by atoms with E-state index in [9.17, 15) is 0 Å².